The summed E-state index contributed by atoms with van der Waals surface area (Å²) in [5.74, 6) is 0. The molecule has 114 valence electrons. The van der Waals surface area contributed by atoms with Gasteiger partial charge >= 0.3 is 0 Å². The molecule has 1 saturated heterocycles. The third-order valence-corrected chi connectivity index (χ3v) is 5.04. The van der Waals surface area contributed by atoms with Crippen molar-refractivity contribution >= 4 is 11.3 Å². The van der Waals surface area contributed by atoms with Crippen molar-refractivity contribution in [3.05, 3.63) is 21.9 Å². The first-order valence-electron chi connectivity index (χ1n) is 7.74. The van der Waals surface area contributed by atoms with E-state index in [2.05, 4.69) is 54.9 Å². The number of nitrogens with zero attached hydrogens (tertiary/aromatic N) is 2. The van der Waals surface area contributed by atoms with Gasteiger partial charge in [-0.15, -0.1) is 11.3 Å². The van der Waals surface area contributed by atoms with Gasteiger partial charge in [-0.1, -0.05) is 6.92 Å². The van der Waals surface area contributed by atoms with E-state index >= 15 is 0 Å². The first kappa shape index (κ1) is 16.0. The van der Waals surface area contributed by atoms with E-state index < -0.39 is 0 Å². The Morgan fingerprint density at radius 3 is 2.35 bits per heavy atom. The summed E-state index contributed by atoms with van der Waals surface area (Å²) in [5, 5.41) is 3.39. The van der Waals surface area contributed by atoms with Crippen LogP contribution < -0.4 is 5.32 Å². The van der Waals surface area contributed by atoms with Gasteiger partial charge in [-0.25, -0.2) is 0 Å². The van der Waals surface area contributed by atoms with Crippen molar-refractivity contribution in [1.29, 1.82) is 0 Å². The van der Waals surface area contributed by atoms with E-state index in [4.69, 9.17) is 0 Å². The maximum Gasteiger partial charge on any atom is 0.0329 e. The predicted octanol–water partition coefficient (Wildman–Crippen LogP) is 2.77. The highest BCUT2D eigenvalue weighted by Gasteiger charge is 2.25. The van der Waals surface area contributed by atoms with Crippen LogP contribution in [0, 0.1) is 0 Å². The van der Waals surface area contributed by atoms with E-state index in [-0.39, 0.29) is 0 Å². The van der Waals surface area contributed by atoms with Crippen molar-refractivity contribution in [3.8, 4) is 0 Å². The van der Waals surface area contributed by atoms with Crippen LogP contribution in [0.5, 0.6) is 0 Å². The molecule has 0 saturated carbocycles. The van der Waals surface area contributed by atoms with Crippen LogP contribution in [0.4, 0.5) is 0 Å². The van der Waals surface area contributed by atoms with Crippen LogP contribution in [0.25, 0.3) is 0 Å². The van der Waals surface area contributed by atoms with Gasteiger partial charge in [-0.2, -0.15) is 0 Å². The molecule has 0 radical (unpaired) electrons. The highest BCUT2D eigenvalue weighted by atomic mass is 32.1. The van der Waals surface area contributed by atoms with Gasteiger partial charge in [0, 0.05) is 54.6 Å². The zero-order valence-corrected chi connectivity index (χ0v) is 14.2. The van der Waals surface area contributed by atoms with Crippen LogP contribution in [0.1, 0.15) is 37.4 Å². The third-order valence-electron chi connectivity index (χ3n) is 3.97. The van der Waals surface area contributed by atoms with Gasteiger partial charge in [-0.05, 0) is 39.4 Å². The largest absolute Gasteiger partial charge is 0.312 e. The lowest BCUT2D eigenvalue weighted by atomic mass is 10.1. The number of rotatable bonds is 5. The molecule has 20 heavy (non-hydrogen) atoms. The molecule has 1 aromatic heterocycles. The second kappa shape index (κ2) is 7.03. The lowest BCUT2D eigenvalue weighted by molar-refractivity contribution is 0.0595. The quantitative estimate of drug-likeness (QED) is 0.901. The maximum atomic E-state index is 3.39. The average Bonchev–Trinajstić information content (AvgIpc) is 2.83. The minimum atomic E-state index is 0.314. The molecule has 1 N–H and O–H groups in total. The van der Waals surface area contributed by atoms with Gasteiger partial charge in [0.1, 0.15) is 0 Å². The van der Waals surface area contributed by atoms with E-state index in [1.807, 2.05) is 11.3 Å². The zero-order valence-electron chi connectivity index (χ0n) is 13.4. The molecule has 0 bridgehead atoms. The summed E-state index contributed by atoms with van der Waals surface area (Å²) in [6.45, 7) is 17.0. The monoisotopic (exact) mass is 295 g/mol. The van der Waals surface area contributed by atoms with Crippen molar-refractivity contribution in [2.24, 2.45) is 0 Å². The molecular formula is C16H29N3S. The van der Waals surface area contributed by atoms with E-state index in [1.165, 1.54) is 35.9 Å². The zero-order chi connectivity index (χ0) is 14.6. The number of thiophene rings is 1. The van der Waals surface area contributed by atoms with Crippen LogP contribution in [-0.2, 0) is 13.1 Å². The van der Waals surface area contributed by atoms with Crippen molar-refractivity contribution < 1.29 is 0 Å². The topological polar surface area (TPSA) is 18.5 Å². The van der Waals surface area contributed by atoms with E-state index in [1.54, 1.807) is 0 Å². The maximum absolute atomic E-state index is 3.39. The normalized spacial score (nSPS) is 18.6. The molecule has 1 aliphatic rings. The summed E-state index contributed by atoms with van der Waals surface area (Å²) in [6.07, 6.45) is 0. The summed E-state index contributed by atoms with van der Waals surface area (Å²) in [7, 11) is 0. The van der Waals surface area contributed by atoms with Crippen LogP contribution in [0.3, 0.4) is 0 Å². The Bertz CT molecular complexity index is 400. The van der Waals surface area contributed by atoms with Gasteiger partial charge in [0.15, 0.2) is 0 Å². The third kappa shape index (κ3) is 4.55. The Labute approximate surface area is 128 Å². The number of nitrogens with one attached hydrogen (secondary N) is 1. The summed E-state index contributed by atoms with van der Waals surface area (Å²) in [5.41, 5.74) is 0.314. The minimum Gasteiger partial charge on any atom is -0.312 e. The van der Waals surface area contributed by atoms with E-state index in [0.717, 1.165) is 19.6 Å². The molecule has 0 spiro atoms. The second-order valence-electron chi connectivity index (χ2n) is 6.58. The lowest BCUT2D eigenvalue weighted by Gasteiger charge is -2.42. The molecular weight excluding hydrogens is 266 g/mol. The molecule has 0 aliphatic carbocycles. The Hall–Kier alpha value is -0.420. The standard InChI is InChI=1S/C16H29N3S/c1-5-17-12-14-6-7-15(20-14)13-18-8-10-19(11-9-18)16(2,3)4/h6-7,17H,5,8-13H2,1-4H3. The van der Waals surface area contributed by atoms with Gasteiger partial charge in [-0.3, -0.25) is 9.80 Å². The predicted molar refractivity (Wildman–Crippen MR) is 88.3 cm³/mol. The number of hydrogen-bond donors (Lipinski definition) is 1. The Kier molecular flexibility index (Phi) is 5.61. The summed E-state index contributed by atoms with van der Waals surface area (Å²) in [6, 6.07) is 4.57. The molecule has 2 rings (SSSR count). The highest BCUT2D eigenvalue weighted by Crippen LogP contribution is 2.21. The Morgan fingerprint density at radius 1 is 1.10 bits per heavy atom. The van der Waals surface area contributed by atoms with Crippen molar-refractivity contribution in [2.75, 3.05) is 32.7 Å². The summed E-state index contributed by atoms with van der Waals surface area (Å²) < 4.78 is 0. The fourth-order valence-corrected chi connectivity index (χ4v) is 3.68. The van der Waals surface area contributed by atoms with Crippen molar-refractivity contribution in [3.63, 3.8) is 0 Å². The number of piperazine rings is 1. The molecule has 0 aromatic carbocycles. The van der Waals surface area contributed by atoms with Crippen molar-refractivity contribution in [1.82, 2.24) is 15.1 Å². The molecule has 1 fully saturated rings. The molecule has 0 amide bonds. The molecule has 1 aromatic rings. The van der Waals surface area contributed by atoms with Gasteiger partial charge < -0.3 is 5.32 Å². The number of hydrogen-bond acceptors (Lipinski definition) is 4. The Morgan fingerprint density at radius 2 is 1.75 bits per heavy atom. The first-order valence-corrected chi connectivity index (χ1v) is 8.56. The van der Waals surface area contributed by atoms with Gasteiger partial charge in [0.2, 0.25) is 0 Å². The fraction of sp³-hybridized carbons (Fsp3) is 0.750. The van der Waals surface area contributed by atoms with Gasteiger partial charge in [0.05, 0.1) is 0 Å². The molecule has 0 atom stereocenters. The van der Waals surface area contributed by atoms with Gasteiger partial charge in [0.25, 0.3) is 0 Å². The van der Waals surface area contributed by atoms with Crippen LogP contribution >= 0.6 is 11.3 Å². The smallest absolute Gasteiger partial charge is 0.0329 e. The first-order chi connectivity index (χ1) is 9.49. The fourth-order valence-electron chi connectivity index (χ4n) is 2.65. The minimum absolute atomic E-state index is 0.314. The average molecular weight is 295 g/mol. The molecule has 2 heterocycles. The lowest BCUT2D eigenvalue weighted by Crippen LogP contribution is -2.53. The molecule has 0 unspecified atom stereocenters. The second-order valence-corrected chi connectivity index (χ2v) is 7.84. The summed E-state index contributed by atoms with van der Waals surface area (Å²) >= 11 is 1.96. The van der Waals surface area contributed by atoms with E-state index in [9.17, 15) is 0 Å². The highest BCUT2D eigenvalue weighted by molar-refractivity contribution is 7.11. The molecule has 1 aliphatic heterocycles. The molecule has 4 heteroatoms. The SMILES string of the molecule is CCNCc1ccc(CN2CCN(C(C)(C)C)CC2)s1. The Balaban J connectivity index is 1.79. The summed E-state index contributed by atoms with van der Waals surface area (Å²) in [4.78, 5) is 8.14. The van der Waals surface area contributed by atoms with Crippen LogP contribution in [-0.4, -0.2) is 48.1 Å². The van der Waals surface area contributed by atoms with Crippen molar-refractivity contribution in [2.45, 2.75) is 46.3 Å². The van der Waals surface area contributed by atoms with Crippen LogP contribution in [0.15, 0.2) is 12.1 Å². The van der Waals surface area contributed by atoms with E-state index in [0.29, 0.717) is 5.54 Å². The van der Waals surface area contributed by atoms with Crippen LogP contribution in [0.2, 0.25) is 0 Å². The molecule has 3 nitrogen and oxygen atoms in total.